The number of carbonyl (C=O) groups is 1. The molecule has 2 N–H and O–H groups in total. The molecule has 3 aromatic rings. The van der Waals surface area contributed by atoms with Gasteiger partial charge in [0, 0.05) is 24.3 Å². The van der Waals surface area contributed by atoms with E-state index in [2.05, 4.69) is 10.0 Å². The van der Waals surface area contributed by atoms with Crippen molar-refractivity contribution in [3.63, 3.8) is 0 Å². The van der Waals surface area contributed by atoms with Crippen LogP contribution in [0.1, 0.15) is 39.9 Å². The molecule has 190 valence electrons. The molecule has 0 unspecified atom stereocenters. The minimum Gasteiger partial charge on any atom is -0.322 e. The highest BCUT2D eigenvalue weighted by Gasteiger charge is 2.28. The fraction of sp³-hybridized carbons (Fsp3) is 0.269. The Morgan fingerprint density at radius 3 is 2.06 bits per heavy atom. The molecule has 8 nitrogen and oxygen atoms in total. The molecule has 1 fully saturated rings. The normalized spacial score (nSPS) is 14.5. The van der Waals surface area contributed by atoms with Crippen molar-refractivity contribution in [2.24, 2.45) is 0 Å². The monoisotopic (exact) mass is 527 g/mol. The fourth-order valence-corrected chi connectivity index (χ4v) is 6.81. The van der Waals surface area contributed by atoms with Crippen LogP contribution in [0, 0.1) is 20.8 Å². The van der Waals surface area contributed by atoms with Crippen LogP contribution in [0.5, 0.6) is 0 Å². The van der Waals surface area contributed by atoms with Crippen molar-refractivity contribution in [1.29, 1.82) is 0 Å². The summed E-state index contributed by atoms with van der Waals surface area (Å²) in [7, 11) is -7.48. The van der Waals surface area contributed by atoms with Crippen molar-refractivity contribution in [2.45, 2.75) is 43.4 Å². The quantitative estimate of drug-likeness (QED) is 0.471. The van der Waals surface area contributed by atoms with Gasteiger partial charge in [0.25, 0.3) is 15.9 Å². The number of benzene rings is 3. The van der Waals surface area contributed by atoms with E-state index in [1.165, 1.54) is 40.7 Å². The molecule has 0 atom stereocenters. The largest absolute Gasteiger partial charge is 0.322 e. The number of sulfonamides is 2. The van der Waals surface area contributed by atoms with Gasteiger partial charge in [-0.1, -0.05) is 23.8 Å². The molecule has 1 aliphatic rings. The third-order valence-electron chi connectivity index (χ3n) is 6.21. The summed E-state index contributed by atoms with van der Waals surface area (Å²) in [5, 5.41) is 2.73. The molecule has 0 aromatic heterocycles. The molecule has 10 heteroatoms. The summed E-state index contributed by atoms with van der Waals surface area (Å²) in [5.74, 6) is -0.477. The van der Waals surface area contributed by atoms with Crippen LogP contribution in [0.15, 0.2) is 70.5 Å². The van der Waals surface area contributed by atoms with Crippen LogP contribution in [0.25, 0.3) is 0 Å². The first-order chi connectivity index (χ1) is 17.0. The number of rotatable bonds is 7. The number of hydrogen-bond acceptors (Lipinski definition) is 5. The summed E-state index contributed by atoms with van der Waals surface area (Å²) in [6, 6.07) is 15.8. The lowest BCUT2D eigenvalue weighted by atomic mass is 10.1. The second-order valence-electron chi connectivity index (χ2n) is 8.99. The van der Waals surface area contributed by atoms with Crippen LogP contribution in [0.3, 0.4) is 0 Å². The zero-order valence-corrected chi connectivity index (χ0v) is 22.0. The van der Waals surface area contributed by atoms with Gasteiger partial charge in [0.2, 0.25) is 10.0 Å². The molecule has 0 bridgehead atoms. The van der Waals surface area contributed by atoms with Gasteiger partial charge in [0.05, 0.1) is 15.5 Å². The summed E-state index contributed by atoms with van der Waals surface area (Å²) in [6.07, 6.45) is 1.65. The SMILES string of the molecule is Cc1ccc(NS(=O)(=O)c2ccc(NC(=O)c3cc(S(=O)(=O)N4CCCC4)ccc3C)cc2)c(C)c1. The van der Waals surface area contributed by atoms with Gasteiger partial charge >= 0.3 is 0 Å². The van der Waals surface area contributed by atoms with Crippen LogP contribution in [-0.4, -0.2) is 40.1 Å². The average Bonchev–Trinajstić information content (AvgIpc) is 3.37. The van der Waals surface area contributed by atoms with E-state index in [4.69, 9.17) is 0 Å². The summed E-state index contributed by atoms with van der Waals surface area (Å²) in [4.78, 5) is 13.1. The molecule has 4 rings (SSSR count). The Bertz CT molecular complexity index is 1510. The molecule has 1 amide bonds. The van der Waals surface area contributed by atoms with Crippen LogP contribution in [0.4, 0.5) is 11.4 Å². The standard InChI is InChI=1S/C26H29N3O5S2/c1-18-6-13-25(20(3)16-18)28-35(31,32)22-11-8-21(9-12-22)27-26(30)24-17-23(10-7-19(24)2)36(33,34)29-14-4-5-15-29/h6-13,16-17,28H,4-5,14-15H2,1-3H3,(H,27,30). The van der Waals surface area contributed by atoms with E-state index in [1.807, 2.05) is 26.0 Å². The Balaban J connectivity index is 1.51. The van der Waals surface area contributed by atoms with Crippen LogP contribution in [-0.2, 0) is 20.0 Å². The zero-order chi connectivity index (χ0) is 26.1. The first-order valence-corrected chi connectivity index (χ1v) is 14.5. The van der Waals surface area contributed by atoms with Gasteiger partial charge in [0.15, 0.2) is 0 Å². The molecule has 36 heavy (non-hydrogen) atoms. The lowest BCUT2D eigenvalue weighted by molar-refractivity contribution is 0.102. The maximum atomic E-state index is 13.0. The van der Waals surface area contributed by atoms with Gasteiger partial charge in [-0.15, -0.1) is 0 Å². The van der Waals surface area contributed by atoms with Crippen molar-refractivity contribution in [3.8, 4) is 0 Å². The molecule has 0 saturated carbocycles. The fourth-order valence-electron chi connectivity index (χ4n) is 4.13. The lowest BCUT2D eigenvalue weighted by Crippen LogP contribution is -2.28. The van der Waals surface area contributed by atoms with E-state index < -0.39 is 26.0 Å². The highest BCUT2D eigenvalue weighted by atomic mass is 32.2. The van der Waals surface area contributed by atoms with Gasteiger partial charge in [-0.05, 0) is 87.2 Å². The second-order valence-corrected chi connectivity index (χ2v) is 12.6. The summed E-state index contributed by atoms with van der Waals surface area (Å²) in [6.45, 7) is 6.45. The average molecular weight is 528 g/mol. The maximum Gasteiger partial charge on any atom is 0.261 e. The molecule has 1 aliphatic heterocycles. The smallest absolute Gasteiger partial charge is 0.261 e. The van der Waals surface area contributed by atoms with Crippen molar-refractivity contribution in [3.05, 3.63) is 82.9 Å². The first-order valence-electron chi connectivity index (χ1n) is 11.6. The maximum absolute atomic E-state index is 13.0. The zero-order valence-electron chi connectivity index (χ0n) is 20.4. The first kappa shape index (κ1) is 25.9. The molecule has 0 radical (unpaired) electrons. The minimum absolute atomic E-state index is 0.0513. The Kier molecular flexibility index (Phi) is 7.21. The summed E-state index contributed by atoms with van der Waals surface area (Å²) < 4.78 is 55.5. The van der Waals surface area contributed by atoms with Crippen molar-refractivity contribution >= 4 is 37.3 Å². The van der Waals surface area contributed by atoms with Crippen molar-refractivity contribution < 1.29 is 21.6 Å². The van der Waals surface area contributed by atoms with Crippen LogP contribution in [0.2, 0.25) is 0 Å². The summed E-state index contributed by atoms with van der Waals surface area (Å²) >= 11 is 0. The number of carbonyl (C=O) groups excluding carboxylic acids is 1. The van der Waals surface area contributed by atoms with E-state index in [0.29, 0.717) is 30.0 Å². The van der Waals surface area contributed by atoms with Gasteiger partial charge in [-0.2, -0.15) is 4.31 Å². The Hall–Kier alpha value is -3.21. The topological polar surface area (TPSA) is 113 Å². The predicted molar refractivity (Wildman–Crippen MR) is 140 cm³/mol. The molecule has 0 aliphatic carbocycles. The number of anilines is 2. The number of nitrogens with zero attached hydrogens (tertiary/aromatic N) is 1. The van der Waals surface area contributed by atoms with Crippen molar-refractivity contribution in [1.82, 2.24) is 4.31 Å². The van der Waals surface area contributed by atoms with Gasteiger partial charge in [0.1, 0.15) is 0 Å². The third kappa shape index (κ3) is 5.45. The van der Waals surface area contributed by atoms with E-state index in [9.17, 15) is 21.6 Å². The van der Waals surface area contributed by atoms with E-state index in [1.54, 1.807) is 19.1 Å². The van der Waals surface area contributed by atoms with Crippen LogP contribution >= 0.6 is 0 Å². The summed E-state index contributed by atoms with van der Waals surface area (Å²) in [5.41, 5.74) is 3.60. The minimum atomic E-state index is -3.82. The van der Waals surface area contributed by atoms with Gasteiger partial charge in [-0.25, -0.2) is 16.8 Å². The number of hydrogen-bond donors (Lipinski definition) is 2. The number of amides is 1. The lowest BCUT2D eigenvalue weighted by Gasteiger charge is -2.17. The molecule has 1 heterocycles. The molecular formula is C26H29N3O5S2. The van der Waals surface area contributed by atoms with Crippen LogP contribution < -0.4 is 10.0 Å². The highest BCUT2D eigenvalue weighted by Crippen LogP contribution is 2.25. The Morgan fingerprint density at radius 1 is 0.778 bits per heavy atom. The molecular weight excluding hydrogens is 498 g/mol. The van der Waals surface area contributed by atoms with Gasteiger partial charge in [-0.3, -0.25) is 9.52 Å². The predicted octanol–water partition coefficient (Wildman–Crippen LogP) is 4.45. The third-order valence-corrected chi connectivity index (χ3v) is 9.48. The second kappa shape index (κ2) is 10.0. The molecule has 3 aromatic carbocycles. The molecule has 0 spiro atoms. The Labute approximate surface area is 212 Å². The van der Waals surface area contributed by atoms with Gasteiger partial charge < -0.3 is 5.32 Å². The van der Waals surface area contributed by atoms with E-state index in [-0.39, 0.29) is 15.4 Å². The van der Waals surface area contributed by atoms with Crippen molar-refractivity contribution in [2.75, 3.05) is 23.1 Å². The molecule has 1 saturated heterocycles. The van der Waals surface area contributed by atoms with E-state index >= 15 is 0 Å². The number of aryl methyl sites for hydroxylation is 3. The Morgan fingerprint density at radius 2 is 1.42 bits per heavy atom. The van der Waals surface area contributed by atoms with E-state index in [0.717, 1.165) is 24.0 Å². The highest BCUT2D eigenvalue weighted by molar-refractivity contribution is 7.92. The number of nitrogens with one attached hydrogen (secondary N) is 2.